The fourth-order valence-electron chi connectivity index (χ4n) is 7.54. The number of aromatic carboxylic acids is 4. The van der Waals surface area contributed by atoms with Crippen molar-refractivity contribution in [2.24, 2.45) is 0 Å². The monoisotopic (exact) mass is 848 g/mol. The first kappa shape index (κ1) is 39.7. The van der Waals surface area contributed by atoms with Crippen molar-refractivity contribution in [3.63, 3.8) is 0 Å². The van der Waals surface area contributed by atoms with Gasteiger partial charge in [-0.1, -0.05) is 48.5 Å². The topological polar surface area (TPSA) is 207 Å². The van der Waals surface area contributed by atoms with Crippen molar-refractivity contribution in [1.82, 2.24) is 19.9 Å². The molecule has 298 valence electrons. The standard InChI is InChI=1S/C48H30N4O8.Ni/c53-45(54)29-9-1-25(2-10-29)41-33-17-19-35(49-33)42(26-3-11-30(12-4-26)46(55)56)37-21-23-39(51-37)44(28-7-15-32(16-8-28)48(59)60)40-24-22-38(52-40)43(36-20-18-34(41)50-36)27-5-13-31(14-6-27)47(57)58;/h1-24,49,52H,(H,53,54)(H,55,56)(H,57,58)(H,59,60);/q;+2. The summed E-state index contributed by atoms with van der Waals surface area (Å²) >= 11 is 0. The second-order valence-corrected chi connectivity index (χ2v) is 14.0. The number of aromatic amines is 2. The van der Waals surface area contributed by atoms with Crippen LogP contribution >= 0.6 is 0 Å². The molecular formula is C48H30N4NiO8+2. The molecule has 0 amide bonds. The minimum atomic E-state index is -1.06. The van der Waals surface area contributed by atoms with Gasteiger partial charge in [-0.05, 0) is 119 Å². The van der Waals surface area contributed by atoms with E-state index in [1.165, 1.54) is 48.5 Å². The van der Waals surface area contributed by atoms with Crippen LogP contribution in [0.15, 0.2) is 121 Å². The zero-order chi connectivity index (χ0) is 41.7. The van der Waals surface area contributed by atoms with Crippen LogP contribution < -0.4 is 0 Å². The van der Waals surface area contributed by atoms with Gasteiger partial charge in [-0.2, -0.15) is 0 Å². The molecule has 8 bridgehead atoms. The normalized spacial score (nSPS) is 11.5. The molecule has 4 aromatic carbocycles. The van der Waals surface area contributed by atoms with Gasteiger partial charge in [0.1, 0.15) is 0 Å². The van der Waals surface area contributed by atoms with Crippen molar-refractivity contribution in [2.75, 3.05) is 0 Å². The summed E-state index contributed by atoms with van der Waals surface area (Å²) in [7, 11) is 0. The molecule has 0 spiro atoms. The van der Waals surface area contributed by atoms with Crippen molar-refractivity contribution < 1.29 is 56.1 Å². The maximum Gasteiger partial charge on any atom is 2.00 e. The predicted octanol–water partition coefficient (Wildman–Crippen LogP) is 10.1. The van der Waals surface area contributed by atoms with Gasteiger partial charge in [-0.25, -0.2) is 29.1 Å². The molecule has 5 heterocycles. The second-order valence-electron chi connectivity index (χ2n) is 14.0. The fraction of sp³-hybridized carbons (Fsp3) is 0. The summed E-state index contributed by atoms with van der Waals surface area (Å²) in [5.74, 6) is -4.25. The Bertz CT molecular complexity index is 2760. The second kappa shape index (κ2) is 15.9. The van der Waals surface area contributed by atoms with Crippen LogP contribution in [0.2, 0.25) is 0 Å². The number of benzene rings is 4. The van der Waals surface area contributed by atoms with Crippen LogP contribution in [0.1, 0.15) is 64.2 Å². The SMILES string of the molecule is O=C(O)c1ccc(-c2c3nc(c(-c4ccc(C(=O)O)cc4)c4ccc([nH]4)c(-c4ccc(C(=O)O)cc4)c4nc(c(-c5ccc(C(=O)O)cc5)c5ccc2[nH]5)C=C4)C=C3)cc1.[Ni+2]. The van der Waals surface area contributed by atoms with Crippen molar-refractivity contribution in [3.05, 3.63) is 166 Å². The number of nitrogens with one attached hydrogen (secondary N) is 2. The van der Waals surface area contributed by atoms with Crippen LogP contribution in [0.5, 0.6) is 0 Å². The smallest absolute Gasteiger partial charge is 0.478 e. The minimum absolute atomic E-state index is 0. The van der Waals surface area contributed by atoms with Gasteiger partial charge in [0.25, 0.3) is 0 Å². The number of rotatable bonds is 8. The maximum atomic E-state index is 11.8. The van der Waals surface area contributed by atoms with E-state index in [1.54, 1.807) is 48.5 Å². The summed E-state index contributed by atoms with van der Waals surface area (Å²) in [4.78, 5) is 64.8. The van der Waals surface area contributed by atoms with Crippen molar-refractivity contribution in [1.29, 1.82) is 0 Å². The Labute approximate surface area is 355 Å². The Morgan fingerprint density at radius 2 is 0.525 bits per heavy atom. The average Bonchev–Trinajstić information content (AvgIpc) is 4.10. The molecule has 0 saturated heterocycles. The van der Waals surface area contributed by atoms with Crippen LogP contribution in [0.3, 0.4) is 0 Å². The van der Waals surface area contributed by atoms with Crippen LogP contribution in [0.4, 0.5) is 0 Å². The average molecular weight is 849 g/mol. The van der Waals surface area contributed by atoms with Crippen LogP contribution in [-0.4, -0.2) is 64.2 Å². The van der Waals surface area contributed by atoms with E-state index in [9.17, 15) is 39.6 Å². The van der Waals surface area contributed by atoms with Crippen LogP contribution in [0.25, 0.3) is 90.9 Å². The Morgan fingerprint density at radius 3 is 0.705 bits per heavy atom. The molecule has 13 heteroatoms. The molecule has 7 aromatic rings. The van der Waals surface area contributed by atoms with Crippen LogP contribution in [0, 0.1) is 0 Å². The largest absolute Gasteiger partial charge is 2.00 e. The first-order valence-electron chi connectivity index (χ1n) is 18.5. The zero-order valence-electron chi connectivity index (χ0n) is 31.5. The Hall–Kier alpha value is -8.15. The quantitative estimate of drug-likeness (QED) is 0.0798. The third-order valence-corrected chi connectivity index (χ3v) is 10.4. The van der Waals surface area contributed by atoms with Gasteiger partial charge in [0.15, 0.2) is 0 Å². The summed E-state index contributed by atoms with van der Waals surface area (Å²) in [5, 5.41) is 38.7. The molecule has 0 fully saturated rings. The van der Waals surface area contributed by atoms with Crippen molar-refractivity contribution >= 4 is 70.2 Å². The molecule has 3 aromatic heterocycles. The number of carboxylic acid groups (broad SMARTS) is 4. The molecule has 0 unspecified atom stereocenters. The number of hydrogen-bond donors (Lipinski definition) is 6. The molecule has 0 saturated carbocycles. The molecular weight excluding hydrogens is 819 g/mol. The molecule has 0 atom stereocenters. The summed E-state index contributed by atoms with van der Waals surface area (Å²) in [5.41, 5.74) is 10.7. The van der Waals surface area contributed by atoms with Gasteiger partial charge in [0, 0.05) is 44.3 Å². The Morgan fingerprint density at radius 1 is 0.328 bits per heavy atom. The predicted molar refractivity (Wildman–Crippen MR) is 228 cm³/mol. The number of nitrogens with zero attached hydrogens (tertiary/aromatic N) is 2. The summed E-state index contributed by atoms with van der Waals surface area (Å²) in [6.45, 7) is 0. The van der Waals surface area contributed by atoms with E-state index in [2.05, 4.69) is 9.97 Å². The number of hydrogen-bond acceptors (Lipinski definition) is 6. The molecule has 2 aliphatic heterocycles. The van der Waals surface area contributed by atoms with E-state index in [-0.39, 0.29) is 38.7 Å². The molecule has 0 aliphatic carbocycles. The minimum Gasteiger partial charge on any atom is -0.478 e. The van der Waals surface area contributed by atoms with E-state index >= 15 is 0 Å². The van der Waals surface area contributed by atoms with Crippen molar-refractivity contribution in [3.8, 4) is 44.5 Å². The Balaban J connectivity index is 0.00000514. The van der Waals surface area contributed by atoms with E-state index < -0.39 is 23.9 Å². The fourth-order valence-corrected chi connectivity index (χ4v) is 7.54. The third-order valence-electron chi connectivity index (χ3n) is 10.4. The van der Waals surface area contributed by atoms with Gasteiger partial charge in [-0.15, -0.1) is 0 Å². The molecule has 6 N–H and O–H groups in total. The van der Waals surface area contributed by atoms with E-state index in [0.717, 1.165) is 0 Å². The maximum absolute atomic E-state index is 11.8. The van der Waals surface area contributed by atoms with Crippen LogP contribution in [-0.2, 0) is 16.5 Å². The van der Waals surface area contributed by atoms with Gasteiger partial charge in [0.2, 0.25) is 0 Å². The van der Waals surface area contributed by atoms with Gasteiger partial charge < -0.3 is 30.4 Å². The summed E-state index contributed by atoms with van der Waals surface area (Å²) in [6, 6.07) is 33.6. The first-order chi connectivity index (χ1) is 29.0. The van der Waals surface area contributed by atoms with E-state index in [4.69, 9.17) is 9.97 Å². The molecule has 61 heavy (non-hydrogen) atoms. The molecule has 12 nitrogen and oxygen atoms in total. The van der Waals surface area contributed by atoms with E-state index in [1.807, 2.05) is 48.6 Å². The molecule has 9 rings (SSSR count). The number of H-pyrrole nitrogens is 2. The van der Waals surface area contributed by atoms with Crippen molar-refractivity contribution in [2.45, 2.75) is 0 Å². The van der Waals surface area contributed by atoms with Gasteiger partial charge >= 0.3 is 40.4 Å². The number of fused-ring (bicyclic) bond motifs is 8. The van der Waals surface area contributed by atoms with Gasteiger partial charge in [-0.3, -0.25) is 0 Å². The summed E-state index contributed by atoms with van der Waals surface area (Å²) in [6.07, 6.45) is 7.47. The molecule has 0 radical (unpaired) electrons. The van der Waals surface area contributed by atoms with E-state index in [0.29, 0.717) is 89.4 Å². The summed E-state index contributed by atoms with van der Waals surface area (Å²) < 4.78 is 0. The zero-order valence-corrected chi connectivity index (χ0v) is 32.5. The Kier molecular flexibility index (Phi) is 10.3. The number of carboxylic acids is 4. The molecule has 2 aliphatic rings. The van der Waals surface area contributed by atoms with Gasteiger partial charge in [0.05, 0.1) is 45.0 Å². The first-order valence-corrected chi connectivity index (χ1v) is 18.5. The number of aromatic nitrogens is 4. The number of carbonyl (C=O) groups is 4. The third kappa shape index (κ3) is 7.41.